The van der Waals surface area contributed by atoms with Gasteiger partial charge in [-0.05, 0) is 6.42 Å². The number of ether oxygens (including phenoxy) is 1. The second kappa shape index (κ2) is 26.1. The van der Waals surface area contributed by atoms with Crippen LogP contribution in [0.5, 0.6) is 0 Å². The third kappa shape index (κ3) is 29.0. The Morgan fingerprint density at radius 3 is 1.52 bits per heavy atom. The standard InChI is InChI=1S/C30H62NO8P/c1-5-6-7-8-9-10-11-12-13-14-15-16-17-18-19-20-21-22-23-24-30(32)36-27-29(39-33)28-38-40(34,35)37-26-25-31(2,3)4/h29H,5-28H2,1-4H3,(H-,33,34,35)/p+1/t29-/m1/s1. The molecule has 0 aromatic carbocycles. The number of hydrogen-bond donors (Lipinski definition) is 2. The molecule has 0 aliphatic carbocycles. The minimum atomic E-state index is -4.28. The quantitative estimate of drug-likeness (QED) is 0.0214. The fourth-order valence-electron chi connectivity index (χ4n) is 4.36. The molecule has 0 saturated carbocycles. The van der Waals surface area contributed by atoms with Crippen molar-refractivity contribution >= 4 is 13.8 Å². The lowest BCUT2D eigenvalue weighted by Gasteiger charge is -2.24. The fourth-order valence-corrected chi connectivity index (χ4v) is 5.10. The molecule has 240 valence electrons. The summed E-state index contributed by atoms with van der Waals surface area (Å²) < 4.78 is 27.3. The molecule has 0 heterocycles. The second-order valence-electron chi connectivity index (χ2n) is 12.1. The summed E-state index contributed by atoms with van der Waals surface area (Å²) in [5.41, 5.74) is 0. The molecule has 2 atom stereocenters. The molecule has 40 heavy (non-hydrogen) atoms. The first-order chi connectivity index (χ1) is 19.1. The Kier molecular flexibility index (Phi) is 25.8. The number of quaternary nitrogens is 1. The second-order valence-corrected chi connectivity index (χ2v) is 13.6. The van der Waals surface area contributed by atoms with E-state index in [1.807, 2.05) is 21.1 Å². The van der Waals surface area contributed by atoms with Gasteiger partial charge in [0.05, 0.1) is 27.7 Å². The van der Waals surface area contributed by atoms with Gasteiger partial charge in [0.25, 0.3) is 0 Å². The number of phosphoric acid groups is 1. The molecule has 0 amide bonds. The van der Waals surface area contributed by atoms with Crippen molar-refractivity contribution in [3.8, 4) is 0 Å². The molecule has 0 aromatic rings. The third-order valence-electron chi connectivity index (χ3n) is 7.00. The van der Waals surface area contributed by atoms with Gasteiger partial charge >= 0.3 is 13.8 Å². The van der Waals surface area contributed by atoms with E-state index in [-0.39, 0.29) is 19.2 Å². The van der Waals surface area contributed by atoms with Crippen molar-refractivity contribution in [3.05, 3.63) is 0 Å². The van der Waals surface area contributed by atoms with Crippen LogP contribution in [0.1, 0.15) is 135 Å². The van der Waals surface area contributed by atoms with E-state index >= 15 is 0 Å². The zero-order chi connectivity index (χ0) is 30.0. The predicted octanol–water partition coefficient (Wildman–Crippen LogP) is 8.05. The molecule has 0 rings (SSSR count). The van der Waals surface area contributed by atoms with Gasteiger partial charge in [0.15, 0.2) is 6.10 Å². The normalized spacial score (nSPS) is 14.2. The van der Waals surface area contributed by atoms with E-state index in [0.29, 0.717) is 17.4 Å². The molecular weight excluding hydrogens is 533 g/mol. The molecule has 2 N–H and O–H groups in total. The summed E-state index contributed by atoms with van der Waals surface area (Å²) in [6, 6.07) is 0. The fraction of sp³-hybridized carbons (Fsp3) is 0.967. The van der Waals surface area contributed by atoms with Crippen LogP contribution < -0.4 is 0 Å². The summed E-state index contributed by atoms with van der Waals surface area (Å²) in [6.45, 7) is 2.11. The van der Waals surface area contributed by atoms with Gasteiger partial charge in [-0.3, -0.25) is 19.1 Å². The lowest BCUT2D eigenvalue weighted by molar-refractivity contribution is -0.870. The van der Waals surface area contributed by atoms with Gasteiger partial charge in [0.1, 0.15) is 19.8 Å². The van der Waals surface area contributed by atoms with Crippen molar-refractivity contribution in [2.24, 2.45) is 0 Å². The molecule has 0 bridgehead atoms. The van der Waals surface area contributed by atoms with Gasteiger partial charge in [0, 0.05) is 6.42 Å². The number of carbonyl (C=O) groups excluding carboxylic acids is 1. The molecule has 0 aliphatic rings. The van der Waals surface area contributed by atoms with Crippen molar-refractivity contribution in [1.82, 2.24) is 0 Å². The molecule has 10 heteroatoms. The van der Waals surface area contributed by atoms with Crippen LogP contribution >= 0.6 is 7.82 Å². The highest BCUT2D eigenvalue weighted by Gasteiger charge is 2.25. The molecule has 0 fully saturated rings. The van der Waals surface area contributed by atoms with E-state index in [2.05, 4.69) is 11.8 Å². The van der Waals surface area contributed by atoms with Gasteiger partial charge in [-0.25, -0.2) is 9.45 Å². The van der Waals surface area contributed by atoms with Crippen molar-refractivity contribution in [2.75, 3.05) is 47.5 Å². The zero-order valence-corrected chi connectivity index (χ0v) is 27.2. The minimum absolute atomic E-state index is 0.0380. The maximum Gasteiger partial charge on any atom is 0.472 e. The predicted molar refractivity (Wildman–Crippen MR) is 161 cm³/mol. The van der Waals surface area contributed by atoms with E-state index in [0.717, 1.165) is 19.3 Å². The first-order valence-corrected chi connectivity index (χ1v) is 17.5. The number of phosphoric ester groups is 1. The van der Waals surface area contributed by atoms with E-state index in [4.69, 9.17) is 19.0 Å². The summed E-state index contributed by atoms with van der Waals surface area (Å²) in [6.07, 6.45) is 23.9. The molecule has 0 aliphatic heterocycles. The number of carbonyl (C=O) groups is 1. The summed E-state index contributed by atoms with van der Waals surface area (Å²) in [5, 5.41) is 8.98. The van der Waals surface area contributed by atoms with E-state index in [9.17, 15) is 14.3 Å². The Morgan fingerprint density at radius 2 is 1.12 bits per heavy atom. The van der Waals surface area contributed by atoms with Crippen molar-refractivity contribution in [3.63, 3.8) is 0 Å². The largest absolute Gasteiger partial charge is 0.472 e. The van der Waals surface area contributed by atoms with Gasteiger partial charge in [-0.15, -0.1) is 0 Å². The average Bonchev–Trinajstić information content (AvgIpc) is 2.89. The highest BCUT2D eigenvalue weighted by Crippen LogP contribution is 2.43. The van der Waals surface area contributed by atoms with Crippen LogP contribution in [0.15, 0.2) is 0 Å². The van der Waals surface area contributed by atoms with E-state index in [1.54, 1.807) is 0 Å². The maximum atomic E-state index is 12.0. The molecule has 0 spiro atoms. The first-order valence-electron chi connectivity index (χ1n) is 16.0. The van der Waals surface area contributed by atoms with E-state index in [1.165, 1.54) is 103 Å². The molecular formula is C30H63NO8P+. The minimum Gasteiger partial charge on any atom is -0.463 e. The summed E-state index contributed by atoms with van der Waals surface area (Å²) in [4.78, 5) is 25.9. The van der Waals surface area contributed by atoms with Crippen molar-refractivity contribution in [2.45, 2.75) is 141 Å². The van der Waals surface area contributed by atoms with Crippen LogP contribution in [0.2, 0.25) is 0 Å². The number of hydrogen-bond acceptors (Lipinski definition) is 7. The van der Waals surface area contributed by atoms with Gasteiger partial charge in [-0.1, -0.05) is 122 Å². The molecule has 0 saturated heterocycles. The highest BCUT2D eigenvalue weighted by atomic mass is 31.2. The van der Waals surface area contributed by atoms with Gasteiger partial charge in [0.2, 0.25) is 0 Å². The summed E-state index contributed by atoms with van der Waals surface area (Å²) >= 11 is 0. The Bertz CT molecular complexity index is 629. The Hall–Kier alpha value is -0.540. The number of esters is 1. The zero-order valence-electron chi connectivity index (χ0n) is 26.3. The van der Waals surface area contributed by atoms with Crippen LogP contribution in [-0.4, -0.2) is 74.2 Å². The van der Waals surface area contributed by atoms with Crippen LogP contribution in [0.3, 0.4) is 0 Å². The number of likely N-dealkylation sites (N-methyl/N-ethyl adjacent to an activating group) is 1. The lowest BCUT2D eigenvalue weighted by atomic mass is 10.0. The van der Waals surface area contributed by atoms with Gasteiger partial charge in [-0.2, -0.15) is 0 Å². The summed E-state index contributed by atoms with van der Waals surface area (Å²) in [7, 11) is 1.50. The smallest absolute Gasteiger partial charge is 0.463 e. The monoisotopic (exact) mass is 596 g/mol. The Balaban J connectivity index is 3.55. The van der Waals surface area contributed by atoms with Crippen LogP contribution in [0, 0.1) is 0 Å². The van der Waals surface area contributed by atoms with Crippen molar-refractivity contribution in [1.29, 1.82) is 0 Å². The van der Waals surface area contributed by atoms with Crippen LogP contribution in [0.4, 0.5) is 0 Å². The number of rotatable bonds is 30. The molecule has 0 radical (unpaired) electrons. The number of nitrogens with zero attached hydrogens (tertiary/aromatic N) is 1. The van der Waals surface area contributed by atoms with Crippen LogP contribution in [0.25, 0.3) is 0 Å². The third-order valence-corrected chi connectivity index (χ3v) is 7.99. The van der Waals surface area contributed by atoms with Crippen molar-refractivity contribution < 1.29 is 42.7 Å². The summed E-state index contributed by atoms with van der Waals surface area (Å²) in [5.74, 6) is -0.389. The Morgan fingerprint density at radius 1 is 0.700 bits per heavy atom. The Labute approximate surface area is 245 Å². The molecule has 0 aromatic heterocycles. The molecule has 1 unspecified atom stereocenters. The van der Waals surface area contributed by atoms with E-state index < -0.39 is 20.5 Å². The number of unbranched alkanes of at least 4 members (excludes halogenated alkanes) is 18. The highest BCUT2D eigenvalue weighted by molar-refractivity contribution is 7.47. The van der Waals surface area contributed by atoms with Crippen LogP contribution in [-0.2, 0) is 28.0 Å². The maximum absolute atomic E-state index is 12.0. The van der Waals surface area contributed by atoms with Gasteiger partial charge < -0.3 is 14.1 Å². The first kappa shape index (κ1) is 39.5. The molecule has 9 nitrogen and oxygen atoms in total. The SMILES string of the molecule is CCCCCCCCCCCCCCCCCCCCCC(=O)OC[C@H](COP(=O)(O)OCC[N+](C)(C)C)OO. The average molecular weight is 597 g/mol. The lowest BCUT2D eigenvalue weighted by Crippen LogP contribution is -2.37. The topological polar surface area (TPSA) is 112 Å².